The lowest BCUT2D eigenvalue weighted by Crippen LogP contribution is -2.43. The summed E-state index contributed by atoms with van der Waals surface area (Å²) < 4.78 is 5.30. The van der Waals surface area contributed by atoms with Crippen molar-refractivity contribution in [1.29, 1.82) is 0 Å². The van der Waals surface area contributed by atoms with E-state index in [2.05, 4.69) is 5.32 Å². The van der Waals surface area contributed by atoms with Gasteiger partial charge in [0.25, 0.3) is 0 Å². The van der Waals surface area contributed by atoms with E-state index in [1.807, 2.05) is 31.2 Å². The van der Waals surface area contributed by atoms with E-state index in [1.165, 1.54) is 0 Å². The lowest BCUT2D eigenvalue weighted by Gasteiger charge is -2.28. The van der Waals surface area contributed by atoms with Gasteiger partial charge in [0.05, 0.1) is 5.41 Å². The molecule has 0 saturated heterocycles. The Balaban J connectivity index is 2.00. The van der Waals surface area contributed by atoms with E-state index in [-0.39, 0.29) is 11.3 Å². The highest BCUT2D eigenvalue weighted by atomic mass is 35.5. The minimum Gasteiger partial charge on any atom is -0.382 e. The van der Waals surface area contributed by atoms with Crippen molar-refractivity contribution in [2.45, 2.75) is 44.4 Å². The minimum absolute atomic E-state index is 0.152. The summed E-state index contributed by atoms with van der Waals surface area (Å²) in [5, 5.41) is 3.80. The summed E-state index contributed by atoms with van der Waals surface area (Å²) in [5.74, 6) is 0.152. The van der Waals surface area contributed by atoms with Crippen LogP contribution < -0.4 is 5.32 Å². The largest absolute Gasteiger partial charge is 0.382 e. The molecule has 1 aliphatic carbocycles. The Hall–Kier alpha value is -1.06. The van der Waals surface area contributed by atoms with Crippen molar-refractivity contribution >= 4 is 17.5 Å². The second-order valence-corrected chi connectivity index (χ2v) is 6.04. The van der Waals surface area contributed by atoms with Crippen molar-refractivity contribution in [2.75, 3.05) is 19.8 Å². The minimum atomic E-state index is -0.365. The summed E-state index contributed by atoms with van der Waals surface area (Å²) in [4.78, 5) is 12.7. The second kappa shape index (κ2) is 7.81. The van der Waals surface area contributed by atoms with E-state index in [0.717, 1.165) is 44.3 Å². The van der Waals surface area contributed by atoms with Crippen molar-refractivity contribution in [3.63, 3.8) is 0 Å². The van der Waals surface area contributed by atoms with Gasteiger partial charge in [0, 0.05) is 24.8 Å². The molecule has 3 nitrogen and oxygen atoms in total. The Labute approximate surface area is 132 Å². The fourth-order valence-electron chi connectivity index (χ4n) is 3.08. The molecule has 1 amide bonds. The highest BCUT2D eigenvalue weighted by Gasteiger charge is 2.42. The van der Waals surface area contributed by atoms with Gasteiger partial charge in [0.2, 0.25) is 5.91 Å². The van der Waals surface area contributed by atoms with E-state index < -0.39 is 0 Å². The van der Waals surface area contributed by atoms with Gasteiger partial charge in [-0.1, -0.05) is 36.6 Å². The Bertz CT molecular complexity index is 452. The lowest BCUT2D eigenvalue weighted by atomic mass is 9.78. The summed E-state index contributed by atoms with van der Waals surface area (Å²) >= 11 is 5.96. The maximum Gasteiger partial charge on any atom is 0.230 e. The molecule has 116 valence electrons. The van der Waals surface area contributed by atoms with Crippen LogP contribution in [0.3, 0.4) is 0 Å². The number of ether oxygens (including phenoxy) is 1. The maximum absolute atomic E-state index is 12.7. The zero-order valence-corrected chi connectivity index (χ0v) is 13.4. The molecular formula is C17H24ClNO2. The average Bonchev–Trinajstić information content (AvgIpc) is 2.98. The zero-order chi connectivity index (χ0) is 15.1. The summed E-state index contributed by atoms with van der Waals surface area (Å²) in [7, 11) is 0. The normalized spacial score (nSPS) is 16.9. The second-order valence-electron chi connectivity index (χ2n) is 5.60. The van der Waals surface area contributed by atoms with Gasteiger partial charge in [-0.15, -0.1) is 0 Å². The standard InChI is InChI=1S/C17H24ClNO2/c1-2-21-13-5-12-19-16(20)17(10-3-4-11-17)14-6-8-15(18)9-7-14/h6-9H,2-5,10-13H2,1H3,(H,19,20). The van der Waals surface area contributed by atoms with Gasteiger partial charge < -0.3 is 10.1 Å². The molecule has 1 N–H and O–H groups in total. The zero-order valence-electron chi connectivity index (χ0n) is 12.7. The van der Waals surface area contributed by atoms with Crippen LogP contribution in [-0.4, -0.2) is 25.7 Å². The van der Waals surface area contributed by atoms with E-state index in [4.69, 9.17) is 16.3 Å². The van der Waals surface area contributed by atoms with Crippen LogP contribution in [0.1, 0.15) is 44.6 Å². The summed E-state index contributed by atoms with van der Waals surface area (Å²) in [6.45, 7) is 4.08. The first-order chi connectivity index (χ1) is 10.2. The van der Waals surface area contributed by atoms with Crippen molar-refractivity contribution in [2.24, 2.45) is 0 Å². The van der Waals surface area contributed by atoms with Crippen molar-refractivity contribution in [1.82, 2.24) is 5.32 Å². The Kier molecular flexibility index (Phi) is 6.07. The fraction of sp³-hybridized carbons (Fsp3) is 0.588. The lowest BCUT2D eigenvalue weighted by molar-refractivity contribution is -0.126. The molecule has 0 radical (unpaired) electrons. The molecule has 1 aliphatic rings. The maximum atomic E-state index is 12.7. The molecule has 2 rings (SSSR count). The monoisotopic (exact) mass is 309 g/mol. The number of carbonyl (C=O) groups is 1. The molecule has 0 atom stereocenters. The van der Waals surface area contributed by atoms with Gasteiger partial charge in [-0.2, -0.15) is 0 Å². The molecule has 0 spiro atoms. The summed E-state index contributed by atoms with van der Waals surface area (Å²) in [5.41, 5.74) is 0.725. The van der Waals surface area contributed by atoms with Gasteiger partial charge in [0.1, 0.15) is 0 Å². The van der Waals surface area contributed by atoms with Gasteiger partial charge in [-0.25, -0.2) is 0 Å². The van der Waals surface area contributed by atoms with Crippen LogP contribution in [0.25, 0.3) is 0 Å². The predicted octanol–water partition coefficient (Wildman–Crippen LogP) is 3.69. The van der Waals surface area contributed by atoms with Crippen LogP contribution in [0, 0.1) is 0 Å². The molecule has 1 aromatic rings. The molecule has 4 heteroatoms. The third kappa shape index (κ3) is 3.98. The fourth-order valence-corrected chi connectivity index (χ4v) is 3.21. The molecule has 0 bridgehead atoms. The number of benzene rings is 1. The third-order valence-electron chi connectivity index (χ3n) is 4.24. The van der Waals surface area contributed by atoms with Crippen LogP contribution in [0.15, 0.2) is 24.3 Å². The molecule has 1 aromatic carbocycles. The number of hydrogen-bond acceptors (Lipinski definition) is 2. The Morgan fingerprint density at radius 1 is 1.29 bits per heavy atom. The number of rotatable bonds is 7. The molecule has 1 fully saturated rings. The third-order valence-corrected chi connectivity index (χ3v) is 4.50. The highest BCUT2D eigenvalue weighted by Crippen LogP contribution is 2.41. The van der Waals surface area contributed by atoms with E-state index >= 15 is 0 Å². The van der Waals surface area contributed by atoms with Crippen LogP contribution in [0.2, 0.25) is 5.02 Å². The van der Waals surface area contributed by atoms with Gasteiger partial charge in [0.15, 0.2) is 0 Å². The number of nitrogens with one attached hydrogen (secondary N) is 1. The van der Waals surface area contributed by atoms with E-state index in [1.54, 1.807) is 0 Å². The van der Waals surface area contributed by atoms with Crippen molar-refractivity contribution in [3.8, 4) is 0 Å². The van der Waals surface area contributed by atoms with Crippen LogP contribution in [0.4, 0.5) is 0 Å². The van der Waals surface area contributed by atoms with Crippen LogP contribution in [0.5, 0.6) is 0 Å². The highest BCUT2D eigenvalue weighted by molar-refractivity contribution is 6.30. The average molecular weight is 310 g/mol. The first-order valence-corrected chi connectivity index (χ1v) is 8.19. The molecule has 0 heterocycles. The number of hydrogen-bond donors (Lipinski definition) is 1. The van der Waals surface area contributed by atoms with Crippen LogP contribution >= 0.6 is 11.6 Å². The molecule has 21 heavy (non-hydrogen) atoms. The summed E-state index contributed by atoms with van der Waals surface area (Å²) in [6, 6.07) is 7.74. The summed E-state index contributed by atoms with van der Waals surface area (Å²) in [6.07, 6.45) is 4.91. The van der Waals surface area contributed by atoms with E-state index in [0.29, 0.717) is 18.2 Å². The van der Waals surface area contributed by atoms with Gasteiger partial charge >= 0.3 is 0 Å². The molecule has 0 unspecified atom stereocenters. The molecule has 0 aromatic heterocycles. The topological polar surface area (TPSA) is 38.3 Å². The van der Waals surface area contributed by atoms with Crippen molar-refractivity contribution < 1.29 is 9.53 Å². The van der Waals surface area contributed by atoms with Crippen LogP contribution in [-0.2, 0) is 14.9 Å². The van der Waals surface area contributed by atoms with Crippen molar-refractivity contribution in [3.05, 3.63) is 34.9 Å². The number of carbonyl (C=O) groups excluding carboxylic acids is 1. The molecule has 0 aliphatic heterocycles. The smallest absolute Gasteiger partial charge is 0.230 e. The van der Waals surface area contributed by atoms with Gasteiger partial charge in [-0.3, -0.25) is 4.79 Å². The SMILES string of the molecule is CCOCCCNC(=O)C1(c2ccc(Cl)cc2)CCCC1. The molecule has 1 saturated carbocycles. The first kappa shape index (κ1) is 16.3. The Morgan fingerprint density at radius 3 is 2.57 bits per heavy atom. The Morgan fingerprint density at radius 2 is 1.95 bits per heavy atom. The van der Waals surface area contributed by atoms with Gasteiger partial charge in [-0.05, 0) is 43.9 Å². The predicted molar refractivity (Wildman–Crippen MR) is 85.7 cm³/mol. The quantitative estimate of drug-likeness (QED) is 0.780. The first-order valence-electron chi connectivity index (χ1n) is 7.81. The number of amides is 1. The number of halogens is 1. The van der Waals surface area contributed by atoms with E-state index in [9.17, 15) is 4.79 Å². The molecular weight excluding hydrogens is 286 g/mol.